The van der Waals surface area contributed by atoms with Crippen molar-refractivity contribution in [3.05, 3.63) is 22.2 Å². The van der Waals surface area contributed by atoms with Gasteiger partial charge in [0.25, 0.3) is 0 Å². The van der Waals surface area contributed by atoms with E-state index in [1.54, 1.807) is 0 Å². The van der Waals surface area contributed by atoms with Gasteiger partial charge in [-0.05, 0) is 12.0 Å². The lowest BCUT2D eigenvalue weighted by Gasteiger charge is -2.06. The number of nitrogens with zero attached hydrogens (tertiary/aromatic N) is 1. The quantitative estimate of drug-likeness (QED) is 0.712. The molecule has 0 aliphatic heterocycles. The van der Waals surface area contributed by atoms with E-state index < -0.39 is 0 Å². The van der Waals surface area contributed by atoms with Gasteiger partial charge in [0.15, 0.2) is 0 Å². The van der Waals surface area contributed by atoms with Crippen LogP contribution in [-0.2, 0) is 6.42 Å². The molecule has 0 bridgehead atoms. The highest BCUT2D eigenvalue weighted by Gasteiger charge is 2.00. The Morgan fingerprint density at radius 2 is 2.25 bits per heavy atom. The minimum Gasteiger partial charge on any atom is -0.347 e. The van der Waals surface area contributed by atoms with Crippen LogP contribution in [0.2, 0.25) is 0 Å². The van der Waals surface area contributed by atoms with E-state index in [9.17, 15) is 0 Å². The van der Waals surface area contributed by atoms with Crippen molar-refractivity contribution < 1.29 is 0 Å². The summed E-state index contributed by atoms with van der Waals surface area (Å²) >= 11 is 5.04. The van der Waals surface area contributed by atoms with E-state index in [1.165, 1.54) is 5.69 Å². The summed E-state index contributed by atoms with van der Waals surface area (Å²) in [5, 5.41) is 0. The van der Waals surface area contributed by atoms with Gasteiger partial charge in [-0.25, -0.2) is 4.98 Å². The predicted octanol–water partition coefficient (Wildman–Crippen LogP) is 2.82. The summed E-state index contributed by atoms with van der Waals surface area (Å²) < 4.78 is 0.689. The number of aryl methyl sites for hydroxylation is 1. The molecule has 0 spiro atoms. The Hall–Kier alpha value is -0.700. The molecule has 1 rings (SSSR count). The first-order valence-corrected chi connectivity index (χ1v) is 4.64. The third kappa shape index (κ3) is 2.14. The van der Waals surface area contributed by atoms with Crippen LogP contribution in [-0.4, -0.2) is 9.97 Å². The smallest absolute Gasteiger partial charge is 0.129 e. The highest BCUT2D eigenvalue weighted by molar-refractivity contribution is 7.71. The summed E-state index contributed by atoms with van der Waals surface area (Å²) in [5.74, 6) is 1.46. The van der Waals surface area contributed by atoms with Crippen LogP contribution < -0.4 is 0 Å². The van der Waals surface area contributed by atoms with Gasteiger partial charge in [-0.2, -0.15) is 0 Å². The van der Waals surface area contributed by atoms with Gasteiger partial charge in [-0.15, -0.1) is 0 Å². The molecule has 0 aromatic carbocycles. The highest BCUT2D eigenvalue weighted by atomic mass is 32.1. The van der Waals surface area contributed by atoms with Gasteiger partial charge in [0.2, 0.25) is 0 Å². The first-order valence-electron chi connectivity index (χ1n) is 4.23. The van der Waals surface area contributed by atoms with Crippen LogP contribution >= 0.6 is 12.2 Å². The van der Waals surface area contributed by atoms with Crippen molar-refractivity contribution in [2.24, 2.45) is 0 Å². The van der Waals surface area contributed by atoms with Crippen molar-refractivity contribution in [3.63, 3.8) is 0 Å². The van der Waals surface area contributed by atoms with Crippen LogP contribution in [0.15, 0.2) is 6.07 Å². The highest BCUT2D eigenvalue weighted by Crippen LogP contribution is 2.10. The lowest BCUT2D eigenvalue weighted by Crippen LogP contribution is -1.99. The lowest BCUT2D eigenvalue weighted by molar-refractivity contribution is 0.784. The fraction of sp³-hybridized carbons (Fsp3) is 0.556. The van der Waals surface area contributed by atoms with Gasteiger partial charge >= 0.3 is 0 Å². The maximum absolute atomic E-state index is 5.04. The van der Waals surface area contributed by atoms with Crippen molar-refractivity contribution in [2.75, 3.05) is 0 Å². The van der Waals surface area contributed by atoms with E-state index in [0.29, 0.717) is 10.6 Å². The van der Waals surface area contributed by atoms with Gasteiger partial charge in [-0.1, -0.05) is 33.0 Å². The van der Waals surface area contributed by atoms with Gasteiger partial charge in [-0.3, -0.25) is 0 Å². The SMILES string of the molecule is CCc1nc(=S)cc(C(C)C)[nH]1. The summed E-state index contributed by atoms with van der Waals surface area (Å²) in [5.41, 5.74) is 1.17. The predicted molar refractivity (Wildman–Crippen MR) is 52.9 cm³/mol. The Morgan fingerprint density at radius 1 is 1.58 bits per heavy atom. The number of aromatic nitrogens is 2. The Bertz CT molecular complexity index is 315. The number of rotatable bonds is 2. The maximum Gasteiger partial charge on any atom is 0.129 e. The molecule has 1 N–H and O–H groups in total. The molecule has 0 fully saturated rings. The minimum atomic E-state index is 0.486. The van der Waals surface area contributed by atoms with E-state index in [0.717, 1.165) is 12.2 Å². The molecule has 1 aromatic rings. The summed E-state index contributed by atoms with van der Waals surface area (Å²) in [4.78, 5) is 7.45. The summed E-state index contributed by atoms with van der Waals surface area (Å²) in [6, 6.07) is 1.93. The fourth-order valence-electron chi connectivity index (χ4n) is 1.01. The van der Waals surface area contributed by atoms with E-state index in [-0.39, 0.29) is 0 Å². The third-order valence-electron chi connectivity index (χ3n) is 1.77. The second-order valence-electron chi connectivity index (χ2n) is 3.13. The number of hydrogen-bond donors (Lipinski definition) is 1. The van der Waals surface area contributed by atoms with E-state index >= 15 is 0 Å². The van der Waals surface area contributed by atoms with Crippen molar-refractivity contribution in [1.29, 1.82) is 0 Å². The average molecular weight is 182 g/mol. The number of aromatic amines is 1. The largest absolute Gasteiger partial charge is 0.347 e. The van der Waals surface area contributed by atoms with Crippen LogP contribution in [0.25, 0.3) is 0 Å². The van der Waals surface area contributed by atoms with Crippen LogP contribution in [0, 0.1) is 4.64 Å². The molecule has 1 aromatic heterocycles. The maximum atomic E-state index is 5.04. The Labute approximate surface area is 78.1 Å². The first kappa shape index (κ1) is 9.39. The molecule has 0 aliphatic carbocycles. The molecule has 0 saturated carbocycles. The summed E-state index contributed by atoms with van der Waals surface area (Å²) in [6.07, 6.45) is 0.907. The van der Waals surface area contributed by atoms with E-state index in [1.807, 2.05) is 6.07 Å². The van der Waals surface area contributed by atoms with Gasteiger partial charge in [0, 0.05) is 12.1 Å². The van der Waals surface area contributed by atoms with Gasteiger partial charge in [0.1, 0.15) is 10.5 Å². The Kier molecular flexibility index (Phi) is 2.98. The molecule has 0 radical (unpaired) electrons. The number of H-pyrrole nitrogens is 1. The summed E-state index contributed by atoms with van der Waals surface area (Å²) in [6.45, 7) is 6.35. The topological polar surface area (TPSA) is 28.7 Å². The minimum absolute atomic E-state index is 0.486. The van der Waals surface area contributed by atoms with Crippen molar-refractivity contribution in [1.82, 2.24) is 9.97 Å². The fourth-order valence-corrected chi connectivity index (χ4v) is 1.24. The molecule has 12 heavy (non-hydrogen) atoms. The normalized spacial score (nSPS) is 10.7. The van der Waals surface area contributed by atoms with Crippen LogP contribution in [0.4, 0.5) is 0 Å². The van der Waals surface area contributed by atoms with Crippen LogP contribution in [0.5, 0.6) is 0 Å². The van der Waals surface area contributed by atoms with Crippen LogP contribution in [0.1, 0.15) is 38.2 Å². The zero-order valence-electron chi connectivity index (χ0n) is 7.72. The lowest BCUT2D eigenvalue weighted by atomic mass is 10.1. The zero-order valence-corrected chi connectivity index (χ0v) is 8.53. The standard InChI is InChI=1S/C9H14N2S/c1-4-8-10-7(6(2)3)5-9(12)11-8/h5-6H,4H2,1-3H3,(H,10,11,12). The Morgan fingerprint density at radius 3 is 2.75 bits per heavy atom. The number of nitrogens with one attached hydrogen (secondary N) is 1. The molecular formula is C9H14N2S. The molecule has 3 heteroatoms. The zero-order chi connectivity index (χ0) is 9.14. The van der Waals surface area contributed by atoms with Crippen molar-refractivity contribution >= 4 is 12.2 Å². The molecule has 2 nitrogen and oxygen atoms in total. The van der Waals surface area contributed by atoms with Crippen molar-refractivity contribution in [3.8, 4) is 0 Å². The van der Waals surface area contributed by atoms with E-state index in [4.69, 9.17) is 12.2 Å². The van der Waals surface area contributed by atoms with Crippen LogP contribution in [0.3, 0.4) is 0 Å². The van der Waals surface area contributed by atoms with Gasteiger partial charge < -0.3 is 4.98 Å². The molecular weight excluding hydrogens is 168 g/mol. The third-order valence-corrected chi connectivity index (χ3v) is 1.98. The second-order valence-corrected chi connectivity index (χ2v) is 3.55. The molecule has 0 saturated heterocycles. The number of hydrogen-bond acceptors (Lipinski definition) is 2. The Balaban J connectivity index is 3.15. The molecule has 0 amide bonds. The molecule has 1 heterocycles. The first-order chi connectivity index (χ1) is 5.63. The monoisotopic (exact) mass is 182 g/mol. The van der Waals surface area contributed by atoms with E-state index in [2.05, 4.69) is 30.7 Å². The summed E-state index contributed by atoms with van der Waals surface area (Å²) in [7, 11) is 0. The molecule has 0 aliphatic rings. The van der Waals surface area contributed by atoms with Gasteiger partial charge in [0.05, 0.1) is 0 Å². The molecule has 0 atom stereocenters. The second kappa shape index (κ2) is 3.81. The molecule has 66 valence electrons. The average Bonchev–Trinajstić information content (AvgIpc) is 2.03. The molecule has 0 unspecified atom stereocenters. The van der Waals surface area contributed by atoms with Crippen molar-refractivity contribution in [2.45, 2.75) is 33.1 Å².